The van der Waals surface area contributed by atoms with Crippen LogP contribution in [0.3, 0.4) is 0 Å². The first-order valence-corrected chi connectivity index (χ1v) is 12.2. The molecule has 0 aliphatic rings. The molecule has 0 saturated carbocycles. The molecular formula is C27H32N8O6. The normalized spacial score (nSPS) is 10.3. The van der Waals surface area contributed by atoms with Gasteiger partial charge in [-0.2, -0.15) is 4.98 Å². The molecule has 1 aromatic heterocycles. The van der Waals surface area contributed by atoms with E-state index in [9.17, 15) is 0 Å². The minimum atomic E-state index is 0.310. The summed E-state index contributed by atoms with van der Waals surface area (Å²) in [5, 5.41) is 6.34. The van der Waals surface area contributed by atoms with Crippen molar-refractivity contribution >= 4 is 34.6 Å². The number of hydrogen-bond donors (Lipinski definition) is 5. The van der Waals surface area contributed by atoms with Gasteiger partial charge in [-0.25, -0.2) is 9.97 Å². The molecule has 0 atom stereocenters. The first kappa shape index (κ1) is 28.6. The van der Waals surface area contributed by atoms with Gasteiger partial charge in [0.1, 0.15) is 6.33 Å². The van der Waals surface area contributed by atoms with E-state index in [0.29, 0.717) is 69.1 Å². The van der Waals surface area contributed by atoms with Crippen LogP contribution in [-0.2, 0) is 0 Å². The summed E-state index contributed by atoms with van der Waals surface area (Å²) >= 11 is 0. The Morgan fingerprint density at radius 3 is 1.54 bits per heavy atom. The summed E-state index contributed by atoms with van der Waals surface area (Å²) in [6.45, 7) is 0. The van der Waals surface area contributed by atoms with E-state index < -0.39 is 0 Å². The van der Waals surface area contributed by atoms with E-state index in [0.717, 1.165) is 0 Å². The van der Waals surface area contributed by atoms with Gasteiger partial charge in [0.05, 0.1) is 59.7 Å². The van der Waals surface area contributed by atoms with Gasteiger partial charge in [0.25, 0.3) is 0 Å². The number of ether oxygens (including phenoxy) is 6. The van der Waals surface area contributed by atoms with Gasteiger partial charge < -0.3 is 49.9 Å². The van der Waals surface area contributed by atoms with Gasteiger partial charge in [-0.3, -0.25) is 0 Å². The van der Waals surface area contributed by atoms with Gasteiger partial charge in [0.2, 0.25) is 23.4 Å². The van der Waals surface area contributed by atoms with E-state index in [2.05, 4.69) is 42.0 Å². The average molecular weight is 565 g/mol. The summed E-state index contributed by atoms with van der Waals surface area (Å²) in [6, 6.07) is 14.6. The van der Waals surface area contributed by atoms with Crippen molar-refractivity contribution in [1.82, 2.24) is 20.5 Å². The second-order valence-corrected chi connectivity index (χ2v) is 8.13. The zero-order valence-electron chi connectivity index (χ0n) is 23.5. The molecule has 0 saturated heterocycles. The van der Waals surface area contributed by atoms with Crippen molar-refractivity contribution in [2.45, 2.75) is 0 Å². The molecule has 14 heteroatoms. The summed E-state index contributed by atoms with van der Waals surface area (Å²) in [7, 11) is 9.31. The zero-order valence-corrected chi connectivity index (χ0v) is 23.5. The summed E-state index contributed by atoms with van der Waals surface area (Å²) in [6.07, 6.45) is 1.40. The minimum absolute atomic E-state index is 0.310. The van der Waals surface area contributed by atoms with Crippen molar-refractivity contribution in [3.63, 3.8) is 0 Å². The summed E-state index contributed by atoms with van der Waals surface area (Å²) < 4.78 is 32.4. The molecule has 14 nitrogen and oxygen atoms in total. The Kier molecular flexibility index (Phi) is 9.51. The molecule has 1 heterocycles. The average Bonchev–Trinajstić information content (AvgIpc) is 3.00. The van der Waals surface area contributed by atoms with Crippen molar-refractivity contribution in [3.8, 4) is 34.5 Å². The number of nitrogens with zero attached hydrogens (tertiary/aromatic N) is 3. The molecule has 0 aliphatic carbocycles. The van der Waals surface area contributed by atoms with Crippen molar-refractivity contribution in [1.29, 1.82) is 0 Å². The lowest BCUT2D eigenvalue weighted by Crippen LogP contribution is -2.28. The molecule has 0 fully saturated rings. The molecule has 0 aliphatic heterocycles. The van der Waals surface area contributed by atoms with Crippen molar-refractivity contribution in [2.24, 2.45) is 0 Å². The Bertz CT molecular complexity index is 1420. The Morgan fingerprint density at radius 2 is 1.02 bits per heavy atom. The van der Waals surface area contributed by atoms with Crippen molar-refractivity contribution in [2.75, 3.05) is 64.1 Å². The van der Waals surface area contributed by atoms with E-state index in [1.807, 2.05) is 24.3 Å². The molecule has 3 aromatic carbocycles. The molecule has 0 unspecified atom stereocenters. The quantitative estimate of drug-likeness (QED) is 0.138. The highest BCUT2D eigenvalue weighted by Gasteiger charge is 2.15. The maximum absolute atomic E-state index is 5.42. The molecule has 0 spiro atoms. The Morgan fingerprint density at radius 1 is 0.537 bits per heavy atom. The summed E-state index contributed by atoms with van der Waals surface area (Å²) in [4.78, 5) is 13.0. The van der Waals surface area contributed by atoms with Crippen molar-refractivity contribution in [3.05, 3.63) is 54.9 Å². The first-order valence-electron chi connectivity index (χ1n) is 12.2. The molecule has 0 amide bonds. The smallest absolute Gasteiger partial charge is 0.232 e. The van der Waals surface area contributed by atoms with E-state index in [1.54, 1.807) is 66.9 Å². The molecule has 0 bridgehead atoms. The molecule has 4 rings (SSSR count). The van der Waals surface area contributed by atoms with Crippen LogP contribution in [-0.4, -0.2) is 57.6 Å². The van der Waals surface area contributed by atoms with Gasteiger partial charge in [-0.15, -0.1) is 5.53 Å². The van der Waals surface area contributed by atoms with E-state index in [-0.39, 0.29) is 0 Å². The fourth-order valence-corrected chi connectivity index (χ4v) is 3.84. The molecule has 5 N–H and O–H groups in total. The lowest BCUT2D eigenvalue weighted by molar-refractivity contribution is 0.324. The summed E-state index contributed by atoms with van der Waals surface area (Å²) in [5.74, 6) is 3.64. The lowest BCUT2D eigenvalue weighted by atomic mass is 10.2. The SMILES string of the molecule is COc1cc(NNNc2ccccc2Nc2ncnc(Nc3cc(OC)c(OC)c(OC)c3)n2)cc(OC)c1OC. The largest absolute Gasteiger partial charge is 0.493 e. The van der Waals surface area contributed by atoms with Crippen LogP contribution in [0.2, 0.25) is 0 Å². The number of methoxy groups -OCH3 is 6. The first-order chi connectivity index (χ1) is 20.0. The third-order valence-electron chi connectivity index (χ3n) is 5.73. The summed E-state index contributed by atoms with van der Waals surface area (Å²) in [5.41, 5.74) is 11.9. The third kappa shape index (κ3) is 6.80. The minimum Gasteiger partial charge on any atom is -0.493 e. The predicted octanol–water partition coefficient (Wildman–Crippen LogP) is 4.35. The molecule has 0 radical (unpaired) electrons. The van der Waals surface area contributed by atoms with Crippen LogP contribution in [0.5, 0.6) is 34.5 Å². The number of aromatic nitrogens is 3. The van der Waals surface area contributed by atoms with Crippen LogP contribution < -0.4 is 55.4 Å². The molecular weight excluding hydrogens is 532 g/mol. The second-order valence-electron chi connectivity index (χ2n) is 8.13. The number of para-hydroxylation sites is 2. The van der Waals surface area contributed by atoms with Crippen molar-refractivity contribution < 1.29 is 28.4 Å². The third-order valence-corrected chi connectivity index (χ3v) is 5.73. The maximum atomic E-state index is 5.42. The highest BCUT2D eigenvalue weighted by molar-refractivity contribution is 5.73. The van der Waals surface area contributed by atoms with Gasteiger partial charge in [0.15, 0.2) is 23.0 Å². The van der Waals surface area contributed by atoms with Gasteiger partial charge in [-0.05, 0) is 12.1 Å². The number of benzene rings is 3. The van der Waals surface area contributed by atoms with Gasteiger partial charge in [-0.1, -0.05) is 12.1 Å². The standard InChI is InChI=1S/C27H32N8O6/c1-36-20-11-16(12-21(37-2)24(20)40-5)30-26-28-15-29-27(32-26)31-18-9-7-8-10-19(18)34-35-33-17-13-22(38-3)25(41-6)23(14-17)39-4/h7-15,33-35H,1-6H3,(H2,28,29,30,31,32). The fraction of sp³-hybridized carbons (Fsp3) is 0.222. The van der Waals surface area contributed by atoms with Crippen LogP contribution in [0.4, 0.5) is 34.6 Å². The Hall–Kier alpha value is -5.37. The molecule has 41 heavy (non-hydrogen) atoms. The van der Waals surface area contributed by atoms with Crippen LogP contribution in [0.25, 0.3) is 0 Å². The van der Waals surface area contributed by atoms with Gasteiger partial charge >= 0.3 is 0 Å². The van der Waals surface area contributed by atoms with E-state index in [4.69, 9.17) is 28.4 Å². The van der Waals surface area contributed by atoms with Crippen LogP contribution in [0.15, 0.2) is 54.9 Å². The fourth-order valence-electron chi connectivity index (χ4n) is 3.84. The topological polar surface area (TPSA) is 154 Å². The van der Waals surface area contributed by atoms with E-state index >= 15 is 0 Å². The maximum Gasteiger partial charge on any atom is 0.232 e. The number of rotatable bonds is 14. The predicted molar refractivity (Wildman–Crippen MR) is 155 cm³/mol. The monoisotopic (exact) mass is 564 g/mol. The number of nitrogens with one attached hydrogen (secondary N) is 5. The van der Waals surface area contributed by atoms with Gasteiger partial charge in [0, 0.05) is 30.0 Å². The van der Waals surface area contributed by atoms with Crippen LogP contribution >= 0.6 is 0 Å². The Balaban J connectivity index is 1.46. The molecule has 4 aromatic rings. The van der Waals surface area contributed by atoms with Crippen LogP contribution in [0, 0.1) is 0 Å². The second kappa shape index (κ2) is 13.6. The Labute approximate surface area is 237 Å². The zero-order chi connectivity index (χ0) is 29.2. The lowest BCUT2D eigenvalue weighted by Gasteiger charge is -2.17. The highest BCUT2D eigenvalue weighted by Crippen LogP contribution is 2.41. The number of hydrogen-bond acceptors (Lipinski definition) is 14. The highest BCUT2D eigenvalue weighted by atomic mass is 16.5. The number of hydrazine groups is 2. The van der Waals surface area contributed by atoms with E-state index in [1.165, 1.54) is 6.33 Å². The number of anilines is 6. The molecule has 216 valence electrons. The van der Waals surface area contributed by atoms with Crippen LogP contribution in [0.1, 0.15) is 0 Å².